The molecule has 0 radical (unpaired) electrons. The van der Waals surface area contributed by atoms with Crippen LogP contribution in [0.1, 0.15) is 29.9 Å². The molecular formula is C23H23Cl3N2O. The standard InChI is InChI=1S/C23H23Cl3N2O/c24-23(25,26)22(27-16-17-10-4-1-5-11-17)28-21(29)20(18-12-6-2-7-13-18)19-14-8-3-9-15-19/h1-2,4-8,10-15,20,22,27H,3,9,16H2,(H,28,29)/t20-,22+/m1/s1. The summed E-state index contributed by atoms with van der Waals surface area (Å²) < 4.78 is -1.71. The minimum atomic E-state index is -1.71. The number of hydrogen-bond acceptors (Lipinski definition) is 2. The van der Waals surface area contributed by atoms with Crippen LogP contribution in [-0.4, -0.2) is 15.9 Å². The van der Waals surface area contributed by atoms with E-state index in [1.807, 2.05) is 66.7 Å². The second kappa shape index (κ2) is 10.3. The molecule has 0 saturated heterocycles. The lowest BCUT2D eigenvalue weighted by molar-refractivity contribution is -0.122. The highest BCUT2D eigenvalue weighted by atomic mass is 35.6. The van der Waals surface area contributed by atoms with E-state index >= 15 is 0 Å². The molecule has 152 valence electrons. The summed E-state index contributed by atoms with van der Waals surface area (Å²) in [4.78, 5) is 13.3. The number of allylic oxidation sites excluding steroid dienone is 3. The van der Waals surface area contributed by atoms with Gasteiger partial charge in [-0.3, -0.25) is 10.1 Å². The maximum Gasteiger partial charge on any atom is 0.233 e. The third-order valence-corrected chi connectivity index (χ3v) is 5.37. The molecule has 0 unspecified atom stereocenters. The summed E-state index contributed by atoms with van der Waals surface area (Å²) in [6.45, 7) is 0.457. The van der Waals surface area contributed by atoms with Gasteiger partial charge in [-0.15, -0.1) is 0 Å². The van der Waals surface area contributed by atoms with Crippen molar-refractivity contribution in [3.63, 3.8) is 0 Å². The Balaban J connectivity index is 1.79. The lowest BCUT2D eigenvalue weighted by atomic mass is 9.87. The molecule has 1 amide bonds. The van der Waals surface area contributed by atoms with Crippen molar-refractivity contribution in [2.24, 2.45) is 0 Å². The fourth-order valence-electron chi connectivity index (χ4n) is 3.28. The fourth-order valence-corrected chi connectivity index (χ4v) is 3.67. The molecular weight excluding hydrogens is 427 g/mol. The molecule has 3 nitrogen and oxygen atoms in total. The smallest absolute Gasteiger partial charge is 0.233 e. The van der Waals surface area contributed by atoms with Gasteiger partial charge in [0.25, 0.3) is 0 Å². The zero-order chi connectivity index (χ0) is 20.7. The number of carbonyl (C=O) groups is 1. The number of benzene rings is 2. The van der Waals surface area contributed by atoms with Crippen LogP contribution in [0, 0.1) is 0 Å². The predicted octanol–water partition coefficient (Wildman–Crippen LogP) is 5.65. The fraction of sp³-hybridized carbons (Fsp3) is 0.261. The highest BCUT2D eigenvalue weighted by Gasteiger charge is 2.36. The molecule has 1 aliphatic rings. The summed E-state index contributed by atoms with van der Waals surface area (Å²) in [5.41, 5.74) is 2.87. The van der Waals surface area contributed by atoms with E-state index in [2.05, 4.69) is 22.8 Å². The minimum Gasteiger partial charge on any atom is -0.336 e. The van der Waals surface area contributed by atoms with Gasteiger partial charge in [-0.1, -0.05) is 114 Å². The highest BCUT2D eigenvalue weighted by molar-refractivity contribution is 6.68. The van der Waals surface area contributed by atoms with Gasteiger partial charge in [0.1, 0.15) is 6.17 Å². The van der Waals surface area contributed by atoms with Crippen molar-refractivity contribution in [2.75, 3.05) is 0 Å². The first kappa shape index (κ1) is 21.9. The molecule has 0 aromatic heterocycles. The van der Waals surface area contributed by atoms with E-state index in [4.69, 9.17) is 34.8 Å². The number of carbonyl (C=O) groups excluding carboxylic acids is 1. The molecule has 2 N–H and O–H groups in total. The number of alkyl halides is 3. The third kappa shape index (κ3) is 6.35. The van der Waals surface area contributed by atoms with Crippen molar-refractivity contribution in [1.29, 1.82) is 0 Å². The van der Waals surface area contributed by atoms with E-state index in [0.29, 0.717) is 6.54 Å². The lowest BCUT2D eigenvalue weighted by Crippen LogP contribution is -2.54. The molecule has 1 aliphatic carbocycles. The van der Waals surface area contributed by atoms with E-state index < -0.39 is 15.9 Å². The summed E-state index contributed by atoms with van der Waals surface area (Å²) in [7, 11) is 0. The van der Waals surface area contributed by atoms with Gasteiger partial charge in [-0.05, 0) is 29.5 Å². The van der Waals surface area contributed by atoms with E-state index in [-0.39, 0.29) is 5.91 Å². The topological polar surface area (TPSA) is 41.1 Å². The van der Waals surface area contributed by atoms with Gasteiger partial charge in [-0.2, -0.15) is 0 Å². The van der Waals surface area contributed by atoms with Crippen LogP contribution in [0.3, 0.4) is 0 Å². The van der Waals surface area contributed by atoms with Crippen LogP contribution in [0.2, 0.25) is 0 Å². The van der Waals surface area contributed by atoms with Crippen LogP contribution in [0.4, 0.5) is 0 Å². The van der Waals surface area contributed by atoms with Crippen LogP contribution < -0.4 is 10.6 Å². The number of nitrogens with one attached hydrogen (secondary N) is 2. The van der Waals surface area contributed by atoms with E-state index in [1.165, 1.54) is 0 Å². The molecule has 2 aromatic rings. The Morgan fingerprint density at radius 3 is 2.21 bits per heavy atom. The molecule has 0 bridgehead atoms. The zero-order valence-electron chi connectivity index (χ0n) is 15.8. The summed E-state index contributed by atoms with van der Waals surface area (Å²) in [5.74, 6) is -0.688. The van der Waals surface area contributed by atoms with Gasteiger partial charge < -0.3 is 5.32 Å². The van der Waals surface area contributed by atoms with E-state index in [1.54, 1.807) is 0 Å². The third-order valence-electron chi connectivity index (χ3n) is 4.72. The normalized spacial score (nSPS) is 16.0. The predicted molar refractivity (Wildman–Crippen MR) is 121 cm³/mol. The summed E-state index contributed by atoms with van der Waals surface area (Å²) in [6.07, 6.45) is 7.21. The maximum atomic E-state index is 13.3. The second-order valence-corrected chi connectivity index (χ2v) is 9.25. The summed E-state index contributed by atoms with van der Waals surface area (Å²) >= 11 is 18.5. The summed E-state index contributed by atoms with van der Waals surface area (Å²) in [5, 5.41) is 6.05. The van der Waals surface area contributed by atoms with Crippen molar-refractivity contribution in [3.05, 3.63) is 95.6 Å². The van der Waals surface area contributed by atoms with Crippen molar-refractivity contribution in [2.45, 2.75) is 35.3 Å². The Morgan fingerprint density at radius 1 is 0.966 bits per heavy atom. The Hall–Kier alpha value is -1.78. The molecule has 3 rings (SSSR count). The second-order valence-electron chi connectivity index (χ2n) is 6.88. The highest BCUT2D eigenvalue weighted by Crippen LogP contribution is 2.32. The van der Waals surface area contributed by atoms with Crippen molar-refractivity contribution in [1.82, 2.24) is 10.6 Å². The number of hydrogen-bond donors (Lipinski definition) is 2. The molecule has 2 aromatic carbocycles. The van der Waals surface area contributed by atoms with Gasteiger partial charge >= 0.3 is 0 Å². The van der Waals surface area contributed by atoms with Crippen molar-refractivity contribution >= 4 is 40.7 Å². The number of amides is 1. The van der Waals surface area contributed by atoms with Gasteiger partial charge in [0.15, 0.2) is 0 Å². The van der Waals surface area contributed by atoms with Gasteiger partial charge in [0.05, 0.1) is 5.92 Å². The quantitative estimate of drug-likeness (QED) is 0.424. The van der Waals surface area contributed by atoms with Crippen LogP contribution in [0.25, 0.3) is 0 Å². The van der Waals surface area contributed by atoms with Gasteiger partial charge in [0.2, 0.25) is 9.70 Å². The van der Waals surface area contributed by atoms with Crippen LogP contribution in [-0.2, 0) is 11.3 Å². The molecule has 0 aliphatic heterocycles. The first-order valence-corrected chi connectivity index (χ1v) is 10.6. The Bertz CT molecular complexity index is 861. The first-order valence-electron chi connectivity index (χ1n) is 9.51. The first-order chi connectivity index (χ1) is 13.9. The zero-order valence-corrected chi connectivity index (χ0v) is 18.1. The van der Waals surface area contributed by atoms with Gasteiger partial charge in [-0.25, -0.2) is 0 Å². The van der Waals surface area contributed by atoms with Crippen LogP contribution >= 0.6 is 34.8 Å². The number of halogens is 3. The molecule has 0 heterocycles. The minimum absolute atomic E-state index is 0.217. The van der Waals surface area contributed by atoms with Crippen molar-refractivity contribution < 1.29 is 4.79 Å². The number of rotatable bonds is 7. The Morgan fingerprint density at radius 2 is 1.62 bits per heavy atom. The Kier molecular flexibility index (Phi) is 7.79. The SMILES string of the molecule is O=C(N[C@H](NCc1ccccc1)C(Cl)(Cl)Cl)[C@@H](C1=CCCC=C1)c1ccccc1. The molecule has 6 heteroatoms. The van der Waals surface area contributed by atoms with E-state index in [0.717, 1.165) is 29.5 Å². The summed E-state index contributed by atoms with van der Waals surface area (Å²) in [6, 6.07) is 19.4. The monoisotopic (exact) mass is 448 g/mol. The average molecular weight is 450 g/mol. The maximum absolute atomic E-state index is 13.3. The largest absolute Gasteiger partial charge is 0.336 e. The van der Waals surface area contributed by atoms with Crippen molar-refractivity contribution in [3.8, 4) is 0 Å². The van der Waals surface area contributed by atoms with Crippen LogP contribution in [0.5, 0.6) is 0 Å². The molecule has 2 atom stereocenters. The molecule has 0 fully saturated rings. The lowest BCUT2D eigenvalue weighted by Gasteiger charge is -2.29. The molecule has 0 spiro atoms. The molecule has 29 heavy (non-hydrogen) atoms. The van der Waals surface area contributed by atoms with Crippen LogP contribution in [0.15, 0.2) is 84.5 Å². The van der Waals surface area contributed by atoms with E-state index in [9.17, 15) is 4.79 Å². The van der Waals surface area contributed by atoms with Gasteiger partial charge in [0, 0.05) is 6.54 Å². The average Bonchev–Trinajstić information content (AvgIpc) is 2.73. The molecule has 0 saturated carbocycles. The Labute approximate surface area is 186 Å².